The molecule has 196 valence electrons. The number of rotatable bonds is 25. The minimum absolute atomic E-state index is 0.0133. The van der Waals surface area contributed by atoms with Gasteiger partial charge in [-0.3, -0.25) is 0 Å². The molecule has 0 bridgehead atoms. The lowest BCUT2D eigenvalue weighted by Gasteiger charge is -2.31. The number of unbranched alkanes of at least 4 members (excludes halogenated alkanes) is 16. The molecule has 33 heavy (non-hydrogen) atoms. The van der Waals surface area contributed by atoms with Crippen molar-refractivity contribution in [3.63, 3.8) is 0 Å². The van der Waals surface area contributed by atoms with Crippen LogP contribution in [0.25, 0.3) is 0 Å². The first-order chi connectivity index (χ1) is 16.0. The van der Waals surface area contributed by atoms with Crippen LogP contribution in [0.4, 0.5) is 0 Å². The molecule has 0 aromatic rings. The van der Waals surface area contributed by atoms with Crippen molar-refractivity contribution in [2.75, 3.05) is 0 Å². The molecule has 0 aliphatic rings. The summed E-state index contributed by atoms with van der Waals surface area (Å²) < 4.78 is 0. The zero-order chi connectivity index (χ0) is 24.5. The van der Waals surface area contributed by atoms with Crippen LogP contribution in [-0.2, 0) is 0 Å². The van der Waals surface area contributed by atoms with E-state index in [1.165, 1.54) is 135 Å². The monoisotopic (exact) mass is 461 g/mol. The van der Waals surface area contributed by atoms with Gasteiger partial charge < -0.3 is 5.73 Å². The van der Waals surface area contributed by atoms with E-state index in [2.05, 4.69) is 52.0 Å². The highest BCUT2D eigenvalue weighted by Crippen LogP contribution is 2.27. The second kappa shape index (κ2) is 24.6. The van der Waals surface area contributed by atoms with Crippen molar-refractivity contribution in [1.82, 2.24) is 0 Å². The largest absolute Gasteiger partial charge is 0.325 e. The molecule has 0 heterocycles. The molecule has 0 spiro atoms. The topological polar surface area (TPSA) is 26.0 Å². The Balaban J connectivity index is 3.59. The Kier molecular flexibility index (Phi) is 24.1. The van der Waals surface area contributed by atoms with Crippen LogP contribution in [0.3, 0.4) is 0 Å². The summed E-state index contributed by atoms with van der Waals surface area (Å²) in [5.41, 5.74) is 6.51. The second-order valence-electron chi connectivity index (χ2n) is 11.2. The van der Waals surface area contributed by atoms with E-state index in [0.29, 0.717) is 5.92 Å². The minimum Gasteiger partial charge on any atom is -0.325 e. The number of hydrogen-bond donors (Lipinski definition) is 1. The second-order valence-corrected chi connectivity index (χ2v) is 11.2. The van der Waals surface area contributed by atoms with Crippen molar-refractivity contribution in [1.29, 1.82) is 0 Å². The molecular weight excluding hydrogens is 398 g/mol. The van der Waals surface area contributed by atoms with Crippen LogP contribution in [0.5, 0.6) is 0 Å². The molecule has 0 aromatic carbocycles. The molecule has 0 saturated carbocycles. The molecule has 2 N–H and O–H groups in total. The Morgan fingerprint density at radius 3 is 1.33 bits per heavy atom. The van der Waals surface area contributed by atoms with Gasteiger partial charge in [-0.25, -0.2) is 0 Å². The number of nitrogens with two attached hydrogens (primary N) is 1. The average molecular weight is 462 g/mol. The first kappa shape index (κ1) is 32.4. The highest BCUT2D eigenvalue weighted by Gasteiger charge is 2.23. The van der Waals surface area contributed by atoms with Gasteiger partial charge >= 0.3 is 0 Å². The first-order valence-electron chi connectivity index (χ1n) is 15.1. The van der Waals surface area contributed by atoms with Gasteiger partial charge in [0.2, 0.25) is 0 Å². The van der Waals surface area contributed by atoms with E-state index in [-0.39, 0.29) is 5.54 Å². The van der Waals surface area contributed by atoms with E-state index in [0.717, 1.165) is 6.42 Å². The van der Waals surface area contributed by atoms with Gasteiger partial charge in [0.05, 0.1) is 0 Å². The van der Waals surface area contributed by atoms with Crippen molar-refractivity contribution in [2.45, 2.75) is 174 Å². The number of hydrogen-bond acceptors (Lipinski definition) is 1. The van der Waals surface area contributed by atoms with Crippen molar-refractivity contribution in [3.05, 3.63) is 24.3 Å². The van der Waals surface area contributed by atoms with Crippen molar-refractivity contribution in [2.24, 2.45) is 11.7 Å². The Morgan fingerprint density at radius 1 is 0.515 bits per heavy atom. The summed E-state index contributed by atoms with van der Waals surface area (Å²) in [6.07, 6.45) is 39.3. The minimum atomic E-state index is -0.0133. The molecule has 0 fully saturated rings. The Bertz CT molecular complexity index is 428. The highest BCUT2D eigenvalue weighted by molar-refractivity contribution is 4.92. The quantitative estimate of drug-likeness (QED) is 0.106. The molecule has 1 unspecified atom stereocenters. The predicted octanol–water partition coefficient (Wildman–Crippen LogP) is 11.1. The van der Waals surface area contributed by atoms with Crippen LogP contribution in [-0.4, -0.2) is 5.54 Å². The van der Waals surface area contributed by atoms with E-state index in [4.69, 9.17) is 5.73 Å². The maximum Gasteiger partial charge on any atom is 0.0125 e. The third-order valence-corrected chi connectivity index (χ3v) is 7.21. The Labute approximate surface area is 210 Å². The average Bonchev–Trinajstić information content (AvgIpc) is 2.78. The van der Waals surface area contributed by atoms with E-state index >= 15 is 0 Å². The molecular formula is C32H63N. The summed E-state index contributed by atoms with van der Waals surface area (Å²) in [5.74, 6) is 0.700. The van der Waals surface area contributed by atoms with E-state index in [1.807, 2.05) is 0 Å². The maximum absolute atomic E-state index is 6.52. The predicted molar refractivity (Wildman–Crippen MR) is 153 cm³/mol. The lowest BCUT2D eigenvalue weighted by atomic mass is 9.80. The summed E-state index contributed by atoms with van der Waals surface area (Å²) in [7, 11) is 0. The van der Waals surface area contributed by atoms with Crippen molar-refractivity contribution in [3.8, 4) is 0 Å². The van der Waals surface area contributed by atoms with Gasteiger partial charge in [-0.1, -0.05) is 134 Å². The Hall–Kier alpha value is -0.560. The molecule has 1 heteroatoms. The molecule has 1 nitrogen and oxygen atoms in total. The van der Waals surface area contributed by atoms with Gasteiger partial charge in [-0.05, 0) is 64.7 Å². The van der Waals surface area contributed by atoms with E-state index < -0.39 is 0 Å². The van der Waals surface area contributed by atoms with Crippen LogP contribution >= 0.6 is 0 Å². The smallest absolute Gasteiger partial charge is 0.0125 e. The summed E-state index contributed by atoms with van der Waals surface area (Å²) >= 11 is 0. The van der Waals surface area contributed by atoms with Crippen LogP contribution in [0.2, 0.25) is 0 Å². The maximum atomic E-state index is 6.52. The molecule has 0 aliphatic carbocycles. The molecule has 0 radical (unpaired) electrons. The lowest BCUT2D eigenvalue weighted by Crippen LogP contribution is -2.40. The van der Waals surface area contributed by atoms with Crippen molar-refractivity contribution >= 4 is 0 Å². The normalized spacial score (nSPS) is 13.5. The fraction of sp³-hybridized carbons (Fsp3) is 0.875. The summed E-state index contributed by atoms with van der Waals surface area (Å²) in [4.78, 5) is 0. The summed E-state index contributed by atoms with van der Waals surface area (Å²) in [6.45, 7) is 9.06. The zero-order valence-corrected chi connectivity index (χ0v) is 23.5. The molecule has 0 aromatic heterocycles. The molecule has 0 aliphatic heterocycles. The molecule has 1 atom stereocenters. The van der Waals surface area contributed by atoms with Crippen LogP contribution in [0.1, 0.15) is 169 Å². The van der Waals surface area contributed by atoms with Crippen LogP contribution in [0, 0.1) is 5.92 Å². The third-order valence-electron chi connectivity index (χ3n) is 7.21. The van der Waals surface area contributed by atoms with Gasteiger partial charge in [0, 0.05) is 5.54 Å². The molecule has 0 saturated heterocycles. The van der Waals surface area contributed by atoms with Crippen LogP contribution < -0.4 is 5.73 Å². The van der Waals surface area contributed by atoms with E-state index in [1.54, 1.807) is 0 Å². The third kappa shape index (κ3) is 24.4. The van der Waals surface area contributed by atoms with Gasteiger partial charge in [-0.2, -0.15) is 0 Å². The van der Waals surface area contributed by atoms with Gasteiger partial charge in [0.25, 0.3) is 0 Å². The van der Waals surface area contributed by atoms with Gasteiger partial charge in [0.1, 0.15) is 0 Å². The molecule has 0 rings (SSSR count). The molecule has 0 amide bonds. The highest BCUT2D eigenvalue weighted by atomic mass is 14.7. The lowest BCUT2D eigenvalue weighted by molar-refractivity contribution is 0.267. The van der Waals surface area contributed by atoms with Crippen molar-refractivity contribution < 1.29 is 0 Å². The standard InChI is InChI=1S/C32H63N/c1-5-7-9-11-13-14-15-16-17-18-19-20-21-22-24-26-28-30-31(32(3,4)33)29-27-25-23-12-10-8-6-2/h13-14,16-17,31H,5-12,15,18-30,33H2,1-4H3. The SMILES string of the molecule is CCCCCC=CCC=CCCCCCCCCCC(CCCCCCCCC)C(C)(C)N. The zero-order valence-electron chi connectivity index (χ0n) is 23.5. The summed E-state index contributed by atoms with van der Waals surface area (Å²) in [6, 6.07) is 0. The number of allylic oxidation sites excluding steroid dienone is 4. The van der Waals surface area contributed by atoms with E-state index in [9.17, 15) is 0 Å². The fourth-order valence-corrected chi connectivity index (χ4v) is 4.79. The Morgan fingerprint density at radius 2 is 0.879 bits per heavy atom. The van der Waals surface area contributed by atoms with Gasteiger partial charge in [-0.15, -0.1) is 0 Å². The summed E-state index contributed by atoms with van der Waals surface area (Å²) in [5, 5.41) is 0. The first-order valence-corrected chi connectivity index (χ1v) is 15.1. The van der Waals surface area contributed by atoms with Crippen LogP contribution in [0.15, 0.2) is 24.3 Å². The van der Waals surface area contributed by atoms with Gasteiger partial charge in [0.15, 0.2) is 0 Å². The fourth-order valence-electron chi connectivity index (χ4n) is 4.79.